The number of carbonyl (C=O) groups excluding carboxylic acids is 2. The first-order chi connectivity index (χ1) is 18.1. The van der Waals surface area contributed by atoms with Crippen LogP contribution in [-0.2, 0) is 32.7 Å². The first-order valence-corrected chi connectivity index (χ1v) is 14.2. The highest BCUT2D eigenvalue weighted by atomic mass is 32.2. The molecule has 3 heterocycles. The van der Waals surface area contributed by atoms with Gasteiger partial charge < -0.3 is 25.7 Å². The maximum Gasteiger partial charge on any atom is 0.697 e. The van der Waals surface area contributed by atoms with E-state index in [2.05, 4.69) is 15.0 Å². The molecule has 4 rings (SSSR count). The normalized spacial score (nSPS) is 24.8. The van der Waals surface area contributed by atoms with Crippen molar-refractivity contribution in [3.63, 3.8) is 0 Å². The number of imidazole rings is 1. The molecule has 0 bridgehead atoms. The Morgan fingerprint density at radius 3 is 2.74 bits per heavy atom. The number of aromatic nitrogens is 4. The number of anilines is 1. The standard InChI is InChI=1S/C22H32N6O8PS/c1-5-32-18-14-17(26-21(24)27-18)28(10-25-14)19-11(2)13-15(35-19)16(13)36-37(31)34-6-7-38-20(30)22(3,4)9-33-12(29)8-23/h10-11,13,15-16,19H,5-9,23H2,1-4H3,(H2,24,26,27)/q+1. The number of nitrogens with two attached hydrogens (primary N) is 2. The van der Waals surface area contributed by atoms with Crippen LogP contribution in [0.3, 0.4) is 0 Å². The number of ether oxygens (including phenoxy) is 3. The number of hydrogen-bond acceptors (Lipinski definition) is 14. The van der Waals surface area contributed by atoms with Gasteiger partial charge in [0, 0.05) is 22.2 Å². The average molecular weight is 572 g/mol. The Kier molecular flexibility index (Phi) is 8.85. The van der Waals surface area contributed by atoms with E-state index in [9.17, 15) is 14.2 Å². The van der Waals surface area contributed by atoms with Crippen LogP contribution in [0.15, 0.2) is 6.33 Å². The van der Waals surface area contributed by atoms with Crippen molar-refractivity contribution in [3.05, 3.63) is 6.33 Å². The highest BCUT2D eigenvalue weighted by molar-refractivity contribution is 8.13. The van der Waals surface area contributed by atoms with Gasteiger partial charge in [-0.25, -0.2) is 4.98 Å². The monoisotopic (exact) mass is 571 g/mol. The van der Waals surface area contributed by atoms with Gasteiger partial charge in [0.2, 0.25) is 11.8 Å². The van der Waals surface area contributed by atoms with E-state index in [0.717, 1.165) is 11.8 Å². The number of fused-ring (bicyclic) bond motifs is 2. The summed E-state index contributed by atoms with van der Waals surface area (Å²) in [5.74, 6) is 0.132. The fourth-order valence-corrected chi connectivity index (χ4v) is 5.93. The Morgan fingerprint density at radius 1 is 1.32 bits per heavy atom. The van der Waals surface area contributed by atoms with Crippen LogP contribution in [-0.4, -0.2) is 74.9 Å². The second-order valence-electron chi connectivity index (χ2n) is 9.58. The third-order valence-corrected chi connectivity index (χ3v) is 8.29. The number of esters is 1. The van der Waals surface area contributed by atoms with E-state index in [1.807, 2.05) is 13.8 Å². The first kappa shape index (κ1) is 28.6. The van der Waals surface area contributed by atoms with Crippen molar-refractivity contribution in [2.45, 2.75) is 46.1 Å². The number of nitrogen functional groups attached to an aromatic ring is 1. The molecule has 4 N–H and O–H groups in total. The average Bonchev–Trinajstić information content (AvgIpc) is 3.17. The molecule has 14 nitrogen and oxygen atoms in total. The number of thioether (sulfide) groups is 1. The van der Waals surface area contributed by atoms with E-state index in [1.54, 1.807) is 24.7 Å². The molecule has 0 spiro atoms. The van der Waals surface area contributed by atoms with Crippen LogP contribution in [0.1, 0.15) is 33.9 Å². The molecule has 0 radical (unpaired) electrons. The Bertz CT molecular complexity index is 1210. The third-order valence-electron chi connectivity index (χ3n) is 6.29. The smallest absolute Gasteiger partial charge is 0.476 e. The number of hydrogen-bond donors (Lipinski definition) is 2. The van der Waals surface area contributed by atoms with Crippen LogP contribution in [0.2, 0.25) is 0 Å². The SMILES string of the molecule is CCOc1nc(N)nc2c1ncn2C1OC2C(O[P+](=O)OCCSC(=O)C(C)(C)COC(=O)CN)C2C1C. The fourth-order valence-electron chi connectivity index (χ4n) is 4.25. The number of carbonyl (C=O) groups is 2. The molecule has 2 aromatic heterocycles. The zero-order valence-electron chi connectivity index (χ0n) is 21.6. The highest BCUT2D eigenvalue weighted by Crippen LogP contribution is 2.57. The predicted molar refractivity (Wildman–Crippen MR) is 137 cm³/mol. The van der Waals surface area contributed by atoms with Crippen LogP contribution in [0, 0.1) is 17.3 Å². The zero-order valence-corrected chi connectivity index (χ0v) is 23.3. The van der Waals surface area contributed by atoms with E-state index < -0.39 is 19.6 Å². The molecule has 1 aliphatic carbocycles. The van der Waals surface area contributed by atoms with Crippen molar-refractivity contribution in [2.75, 3.05) is 37.9 Å². The van der Waals surface area contributed by atoms with Crippen LogP contribution in [0.4, 0.5) is 5.95 Å². The van der Waals surface area contributed by atoms with Gasteiger partial charge in [-0.05, 0) is 20.8 Å². The minimum Gasteiger partial charge on any atom is -0.476 e. The molecule has 0 aromatic carbocycles. The molecule has 6 unspecified atom stereocenters. The topological polar surface area (TPSA) is 193 Å². The number of nitrogens with zero attached hydrogens (tertiary/aromatic N) is 4. The van der Waals surface area contributed by atoms with Gasteiger partial charge in [-0.15, -0.1) is 9.05 Å². The summed E-state index contributed by atoms with van der Waals surface area (Å²) >= 11 is 1.01. The van der Waals surface area contributed by atoms with Crippen LogP contribution in [0.25, 0.3) is 11.2 Å². The van der Waals surface area contributed by atoms with Crippen molar-refractivity contribution in [3.8, 4) is 5.88 Å². The van der Waals surface area contributed by atoms with Crippen LogP contribution >= 0.6 is 20.0 Å². The molecule has 2 aliphatic rings. The molecular weight excluding hydrogens is 539 g/mol. The van der Waals surface area contributed by atoms with E-state index in [-0.39, 0.29) is 66.8 Å². The Labute approximate surface area is 224 Å². The van der Waals surface area contributed by atoms with Crippen molar-refractivity contribution in [1.29, 1.82) is 0 Å². The maximum absolute atomic E-state index is 12.4. The van der Waals surface area contributed by atoms with Gasteiger partial charge in [0.25, 0.3) is 0 Å². The van der Waals surface area contributed by atoms with Crippen molar-refractivity contribution >= 4 is 48.2 Å². The van der Waals surface area contributed by atoms with Gasteiger partial charge in [-0.3, -0.25) is 14.2 Å². The van der Waals surface area contributed by atoms with Gasteiger partial charge in [-0.2, -0.15) is 9.97 Å². The second kappa shape index (κ2) is 11.8. The van der Waals surface area contributed by atoms with Crippen LogP contribution < -0.4 is 16.2 Å². The molecule has 208 valence electrons. The predicted octanol–water partition coefficient (Wildman–Crippen LogP) is 1.82. The lowest BCUT2D eigenvalue weighted by Crippen LogP contribution is -2.31. The van der Waals surface area contributed by atoms with Gasteiger partial charge in [0.1, 0.15) is 25.5 Å². The molecular formula is C22H32N6O8PS+. The molecule has 16 heteroatoms. The summed E-state index contributed by atoms with van der Waals surface area (Å²) in [6.07, 6.45) is 0.666. The first-order valence-electron chi connectivity index (χ1n) is 12.2. The minimum absolute atomic E-state index is 0.0151. The molecule has 2 aromatic rings. The number of rotatable bonds is 13. The summed E-state index contributed by atoms with van der Waals surface area (Å²) in [5.41, 5.74) is 11.2. The van der Waals surface area contributed by atoms with Gasteiger partial charge >= 0.3 is 14.2 Å². The van der Waals surface area contributed by atoms with E-state index >= 15 is 0 Å². The highest BCUT2D eigenvalue weighted by Gasteiger charge is 2.67. The van der Waals surface area contributed by atoms with E-state index in [1.165, 1.54) is 0 Å². The molecule has 1 saturated carbocycles. The summed E-state index contributed by atoms with van der Waals surface area (Å²) in [6.45, 7) is 7.35. The Balaban J connectivity index is 1.22. The molecule has 6 atom stereocenters. The van der Waals surface area contributed by atoms with Gasteiger partial charge in [-0.1, -0.05) is 18.7 Å². The van der Waals surface area contributed by atoms with Gasteiger partial charge in [0.05, 0.1) is 31.0 Å². The van der Waals surface area contributed by atoms with E-state index in [0.29, 0.717) is 23.7 Å². The molecule has 2 fully saturated rings. The maximum atomic E-state index is 12.4. The molecule has 1 aliphatic heterocycles. The van der Waals surface area contributed by atoms with Crippen molar-refractivity contribution < 1.29 is 37.4 Å². The zero-order chi connectivity index (χ0) is 27.6. The lowest BCUT2D eigenvalue weighted by molar-refractivity contribution is -0.146. The summed E-state index contributed by atoms with van der Waals surface area (Å²) < 4.78 is 41.6. The van der Waals surface area contributed by atoms with Gasteiger partial charge in [0.15, 0.2) is 16.3 Å². The Morgan fingerprint density at radius 2 is 2.08 bits per heavy atom. The summed E-state index contributed by atoms with van der Waals surface area (Å²) in [4.78, 5) is 36.4. The summed E-state index contributed by atoms with van der Waals surface area (Å²) in [5, 5.41) is -0.181. The molecule has 0 amide bonds. The largest absolute Gasteiger partial charge is 0.697 e. The lowest BCUT2D eigenvalue weighted by Gasteiger charge is -2.21. The summed E-state index contributed by atoms with van der Waals surface area (Å²) in [7, 11) is -2.39. The van der Waals surface area contributed by atoms with Crippen LogP contribution in [0.5, 0.6) is 5.88 Å². The Hall–Kier alpha value is -2.42. The fraction of sp³-hybridized carbons (Fsp3) is 0.682. The van der Waals surface area contributed by atoms with E-state index in [4.69, 9.17) is 34.7 Å². The molecule has 1 saturated heterocycles. The quantitative estimate of drug-likeness (QED) is 0.201. The summed E-state index contributed by atoms with van der Waals surface area (Å²) in [6, 6.07) is 0. The van der Waals surface area contributed by atoms with Crippen molar-refractivity contribution in [2.24, 2.45) is 23.0 Å². The second-order valence-corrected chi connectivity index (χ2v) is 11.6. The van der Waals surface area contributed by atoms with Crippen molar-refractivity contribution in [1.82, 2.24) is 19.5 Å². The molecule has 38 heavy (non-hydrogen) atoms. The lowest BCUT2D eigenvalue weighted by atomic mass is 9.97. The third kappa shape index (κ3) is 6.08. The minimum atomic E-state index is -2.39.